The van der Waals surface area contributed by atoms with Gasteiger partial charge >= 0.3 is 0 Å². The molecule has 0 bridgehead atoms. The fourth-order valence-corrected chi connectivity index (χ4v) is 4.48. The van der Waals surface area contributed by atoms with Gasteiger partial charge in [0.25, 0.3) is 0 Å². The summed E-state index contributed by atoms with van der Waals surface area (Å²) in [4.78, 5) is 25.9. The highest BCUT2D eigenvalue weighted by molar-refractivity contribution is 8.14. The molecule has 1 amide bonds. The molecule has 4 heteroatoms. The highest BCUT2D eigenvalue weighted by Crippen LogP contribution is 2.29. The predicted molar refractivity (Wildman–Crippen MR) is 125 cm³/mol. The second kappa shape index (κ2) is 10.8. The normalized spacial score (nSPS) is 13.8. The Morgan fingerprint density at radius 3 is 1.83 bits per heavy atom. The van der Waals surface area contributed by atoms with E-state index in [0.717, 1.165) is 11.1 Å². The van der Waals surface area contributed by atoms with Crippen molar-refractivity contribution in [3.63, 3.8) is 0 Å². The van der Waals surface area contributed by atoms with Crippen molar-refractivity contribution < 1.29 is 9.59 Å². The summed E-state index contributed by atoms with van der Waals surface area (Å²) in [5.74, 6) is 0.0643. The molecule has 0 spiro atoms. The Morgan fingerprint density at radius 1 is 0.767 bits per heavy atom. The first-order chi connectivity index (χ1) is 14.6. The van der Waals surface area contributed by atoms with Crippen LogP contribution in [-0.4, -0.2) is 16.8 Å². The van der Waals surface area contributed by atoms with Gasteiger partial charge in [-0.3, -0.25) is 9.59 Å². The molecule has 0 aliphatic carbocycles. The summed E-state index contributed by atoms with van der Waals surface area (Å²) in [5, 5.41) is 3.14. The second-order valence-corrected chi connectivity index (χ2v) is 8.40. The molecule has 3 aromatic rings. The van der Waals surface area contributed by atoms with Crippen LogP contribution in [-0.2, 0) is 4.79 Å². The van der Waals surface area contributed by atoms with E-state index in [9.17, 15) is 9.59 Å². The number of carbonyl (C=O) groups excluding carboxylic acids is 2. The van der Waals surface area contributed by atoms with E-state index in [-0.39, 0.29) is 28.9 Å². The zero-order valence-corrected chi connectivity index (χ0v) is 18.1. The van der Waals surface area contributed by atoms with Crippen LogP contribution in [0.2, 0.25) is 0 Å². The Bertz CT molecular complexity index is 945. The van der Waals surface area contributed by atoms with Gasteiger partial charge in [-0.15, -0.1) is 0 Å². The highest BCUT2D eigenvalue weighted by Gasteiger charge is 2.28. The first kappa shape index (κ1) is 21.8. The third-order valence-corrected chi connectivity index (χ3v) is 6.35. The standard InChI is InChI=1S/C26H27NO2S/c1-19(21-12-6-3-7-13-21)24(18-30-26(29)23-16-10-5-11-17-23)25(28)27-20(2)22-14-8-4-9-15-22/h3-17,19-20,24H,18H2,1-2H3,(H,27,28)/t19?,20-,24?/m1/s1. The largest absolute Gasteiger partial charge is 0.349 e. The SMILES string of the molecule is CC(c1ccccc1)C(CSC(=O)c1ccccc1)C(=O)N[C@H](C)c1ccccc1. The smallest absolute Gasteiger partial charge is 0.225 e. The highest BCUT2D eigenvalue weighted by atomic mass is 32.2. The predicted octanol–water partition coefficient (Wildman–Crippen LogP) is 5.86. The zero-order valence-electron chi connectivity index (χ0n) is 17.3. The van der Waals surface area contributed by atoms with Gasteiger partial charge in [0.2, 0.25) is 11.0 Å². The lowest BCUT2D eigenvalue weighted by molar-refractivity contribution is -0.125. The fraction of sp³-hybridized carbons (Fsp3) is 0.231. The van der Waals surface area contributed by atoms with Crippen LogP contribution in [0.3, 0.4) is 0 Å². The third kappa shape index (κ3) is 5.83. The van der Waals surface area contributed by atoms with Crippen LogP contribution >= 0.6 is 11.8 Å². The molecule has 0 aliphatic rings. The summed E-state index contributed by atoms with van der Waals surface area (Å²) in [6.07, 6.45) is 0. The molecule has 154 valence electrons. The summed E-state index contributed by atoms with van der Waals surface area (Å²) >= 11 is 1.21. The van der Waals surface area contributed by atoms with E-state index in [0.29, 0.717) is 11.3 Å². The molecule has 0 radical (unpaired) electrons. The minimum absolute atomic E-state index is 0.00903. The summed E-state index contributed by atoms with van der Waals surface area (Å²) < 4.78 is 0. The summed E-state index contributed by atoms with van der Waals surface area (Å²) in [6.45, 7) is 4.04. The molecule has 0 heterocycles. The van der Waals surface area contributed by atoms with Crippen LogP contribution in [0, 0.1) is 5.92 Å². The second-order valence-electron chi connectivity index (χ2n) is 7.41. The van der Waals surface area contributed by atoms with Crippen molar-refractivity contribution in [2.75, 3.05) is 5.75 Å². The number of amides is 1. The van der Waals surface area contributed by atoms with Crippen LogP contribution in [0.1, 0.15) is 47.3 Å². The Labute approximate surface area is 182 Å². The van der Waals surface area contributed by atoms with E-state index in [1.165, 1.54) is 11.8 Å². The molecule has 0 fully saturated rings. The maximum atomic E-state index is 13.3. The van der Waals surface area contributed by atoms with Crippen molar-refractivity contribution in [1.29, 1.82) is 0 Å². The van der Waals surface area contributed by atoms with Crippen LogP contribution in [0.5, 0.6) is 0 Å². The average Bonchev–Trinajstić information content (AvgIpc) is 2.80. The Balaban J connectivity index is 1.74. The van der Waals surface area contributed by atoms with Crippen molar-refractivity contribution in [2.24, 2.45) is 5.92 Å². The molecule has 3 nitrogen and oxygen atoms in total. The van der Waals surface area contributed by atoms with Gasteiger partial charge in [-0.25, -0.2) is 0 Å². The van der Waals surface area contributed by atoms with Gasteiger partial charge in [-0.1, -0.05) is 110 Å². The van der Waals surface area contributed by atoms with Gasteiger partial charge in [0.1, 0.15) is 0 Å². The van der Waals surface area contributed by atoms with Crippen molar-refractivity contribution in [3.8, 4) is 0 Å². The van der Waals surface area contributed by atoms with Crippen LogP contribution in [0.25, 0.3) is 0 Å². The van der Waals surface area contributed by atoms with Gasteiger partial charge in [-0.2, -0.15) is 0 Å². The van der Waals surface area contributed by atoms with E-state index in [2.05, 4.69) is 12.2 Å². The minimum atomic E-state index is -0.323. The third-order valence-electron chi connectivity index (χ3n) is 5.33. The average molecular weight is 418 g/mol. The number of hydrogen-bond donors (Lipinski definition) is 1. The summed E-state index contributed by atoms with van der Waals surface area (Å²) in [5.41, 5.74) is 2.81. The van der Waals surface area contributed by atoms with E-state index >= 15 is 0 Å². The summed E-state index contributed by atoms with van der Waals surface area (Å²) in [7, 11) is 0. The lowest BCUT2D eigenvalue weighted by Crippen LogP contribution is -2.36. The first-order valence-electron chi connectivity index (χ1n) is 10.2. The number of thioether (sulfide) groups is 1. The lowest BCUT2D eigenvalue weighted by atomic mass is 9.88. The number of nitrogens with one attached hydrogen (secondary N) is 1. The monoisotopic (exact) mass is 417 g/mol. The van der Waals surface area contributed by atoms with Crippen LogP contribution in [0.15, 0.2) is 91.0 Å². The molecule has 0 aliphatic heterocycles. The molecular formula is C26H27NO2S. The number of benzene rings is 3. The molecule has 1 N–H and O–H groups in total. The fourth-order valence-electron chi connectivity index (χ4n) is 3.40. The quantitative estimate of drug-likeness (QED) is 0.499. The molecule has 3 aromatic carbocycles. The minimum Gasteiger partial charge on any atom is -0.349 e. The number of carbonyl (C=O) groups is 2. The number of hydrogen-bond acceptors (Lipinski definition) is 3. The Morgan fingerprint density at radius 2 is 1.27 bits per heavy atom. The van der Waals surface area contributed by atoms with Gasteiger partial charge in [0, 0.05) is 11.3 Å². The van der Waals surface area contributed by atoms with Gasteiger partial charge in [-0.05, 0) is 24.0 Å². The van der Waals surface area contributed by atoms with Crippen molar-refractivity contribution in [1.82, 2.24) is 5.32 Å². The van der Waals surface area contributed by atoms with Gasteiger partial charge in [0.05, 0.1) is 12.0 Å². The lowest BCUT2D eigenvalue weighted by Gasteiger charge is -2.25. The molecule has 0 saturated heterocycles. The van der Waals surface area contributed by atoms with Gasteiger partial charge < -0.3 is 5.32 Å². The maximum absolute atomic E-state index is 13.3. The first-order valence-corrected chi connectivity index (χ1v) is 11.2. The van der Waals surface area contributed by atoms with E-state index < -0.39 is 0 Å². The molecule has 0 saturated carbocycles. The molecular weight excluding hydrogens is 390 g/mol. The van der Waals surface area contributed by atoms with E-state index in [1.807, 2.05) is 97.9 Å². The summed E-state index contributed by atoms with van der Waals surface area (Å²) in [6, 6.07) is 29.0. The molecule has 30 heavy (non-hydrogen) atoms. The van der Waals surface area contributed by atoms with Crippen molar-refractivity contribution in [2.45, 2.75) is 25.8 Å². The topological polar surface area (TPSA) is 46.2 Å². The van der Waals surface area contributed by atoms with Gasteiger partial charge in [0.15, 0.2) is 0 Å². The maximum Gasteiger partial charge on any atom is 0.225 e. The Hall–Kier alpha value is -2.85. The van der Waals surface area contributed by atoms with Crippen LogP contribution < -0.4 is 5.32 Å². The van der Waals surface area contributed by atoms with Crippen LogP contribution in [0.4, 0.5) is 0 Å². The van der Waals surface area contributed by atoms with E-state index in [1.54, 1.807) is 0 Å². The van der Waals surface area contributed by atoms with Crippen molar-refractivity contribution in [3.05, 3.63) is 108 Å². The molecule has 0 aromatic heterocycles. The van der Waals surface area contributed by atoms with E-state index in [4.69, 9.17) is 0 Å². The molecule has 3 atom stereocenters. The van der Waals surface area contributed by atoms with Crippen molar-refractivity contribution >= 4 is 22.8 Å². The molecule has 2 unspecified atom stereocenters. The number of rotatable bonds is 8. The molecule has 3 rings (SSSR count). The Kier molecular flexibility index (Phi) is 7.86. The zero-order chi connectivity index (χ0) is 21.3.